The number of nitrogens with two attached hydrogens (primary N) is 1. The number of hydrogen-bond acceptors (Lipinski definition) is 4. The largest absolute Gasteiger partial charge is 0.496 e. The van der Waals surface area contributed by atoms with Crippen molar-refractivity contribution in [3.05, 3.63) is 58.1 Å². The molecule has 0 spiro atoms. The zero-order valence-corrected chi connectivity index (χ0v) is 15.5. The van der Waals surface area contributed by atoms with Gasteiger partial charge in [0.1, 0.15) is 5.75 Å². The molecule has 0 unspecified atom stereocenters. The molecule has 0 aliphatic heterocycles. The Hall–Kier alpha value is -2.53. The molecule has 2 rings (SSSR count). The van der Waals surface area contributed by atoms with Crippen molar-refractivity contribution >= 4 is 27.5 Å². The lowest BCUT2D eigenvalue weighted by molar-refractivity contribution is 0.0951. The van der Waals surface area contributed by atoms with Crippen molar-refractivity contribution in [3.8, 4) is 18.1 Å². The Morgan fingerprint density at radius 3 is 2.65 bits per heavy atom. The van der Waals surface area contributed by atoms with E-state index in [-0.39, 0.29) is 22.9 Å². The number of carbonyl (C=O) groups excluding carboxylic acids is 1. The van der Waals surface area contributed by atoms with Crippen LogP contribution in [0.15, 0.2) is 41.3 Å². The topological polar surface area (TPSA) is 98.5 Å². The van der Waals surface area contributed by atoms with Gasteiger partial charge in [-0.25, -0.2) is 13.6 Å². The van der Waals surface area contributed by atoms with E-state index in [1.54, 1.807) is 18.2 Å². The van der Waals surface area contributed by atoms with Gasteiger partial charge in [0.15, 0.2) is 0 Å². The van der Waals surface area contributed by atoms with E-state index in [0.29, 0.717) is 28.3 Å². The van der Waals surface area contributed by atoms with Crippen LogP contribution in [-0.2, 0) is 16.4 Å². The Bertz CT molecular complexity index is 981. The highest BCUT2D eigenvalue weighted by molar-refractivity contribution is 7.89. The van der Waals surface area contributed by atoms with Crippen molar-refractivity contribution < 1.29 is 17.9 Å². The van der Waals surface area contributed by atoms with Crippen LogP contribution in [0.2, 0.25) is 5.02 Å². The van der Waals surface area contributed by atoms with Crippen molar-refractivity contribution in [2.24, 2.45) is 5.14 Å². The third-order valence-electron chi connectivity index (χ3n) is 3.61. The summed E-state index contributed by atoms with van der Waals surface area (Å²) in [7, 11) is -2.47. The number of ether oxygens (including phenoxy) is 1. The molecule has 0 aliphatic rings. The minimum atomic E-state index is -3.93. The average Bonchev–Trinajstić information content (AvgIpc) is 2.60. The average molecular weight is 393 g/mol. The van der Waals surface area contributed by atoms with Gasteiger partial charge in [0, 0.05) is 17.1 Å². The molecule has 0 bridgehead atoms. The number of methoxy groups -OCH3 is 1. The first kappa shape index (κ1) is 19.8. The van der Waals surface area contributed by atoms with E-state index < -0.39 is 10.0 Å². The van der Waals surface area contributed by atoms with Crippen LogP contribution < -0.4 is 15.2 Å². The predicted molar refractivity (Wildman–Crippen MR) is 99.8 cm³/mol. The molecule has 0 aromatic heterocycles. The second kappa shape index (κ2) is 8.23. The molecule has 0 aliphatic carbocycles. The van der Waals surface area contributed by atoms with Gasteiger partial charge in [-0.3, -0.25) is 4.79 Å². The molecule has 26 heavy (non-hydrogen) atoms. The molecule has 2 aromatic rings. The summed E-state index contributed by atoms with van der Waals surface area (Å²) in [6.07, 6.45) is 5.68. The van der Waals surface area contributed by atoms with Gasteiger partial charge in [0.05, 0.1) is 17.6 Å². The van der Waals surface area contributed by atoms with Crippen LogP contribution in [0.1, 0.15) is 21.5 Å². The van der Waals surface area contributed by atoms with Gasteiger partial charge in [-0.2, -0.15) is 0 Å². The molecule has 0 radical (unpaired) electrons. The van der Waals surface area contributed by atoms with Crippen LogP contribution >= 0.6 is 11.6 Å². The fourth-order valence-corrected chi connectivity index (χ4v) is 3.27. The summed E-state index contributed by atoms with van der Waals surface area (Å²) in [6.45, 7) is 0.272. The Kier molecular flexibility index (Phi) is 6.27. The Labute approximate surface area is 157 Å². The molecule has 136 valence electrons. The minimum Gasteiger partial charge on any atom is -0.496 e. The first-order valence-electron chi connectivity index (χ1n) is 7.50. The molecule has 0 fully saturated rings. The number of rotatable bonds is 6. The van der Waals surface area contributed by atoms with E-state index in [1.165, 1.54) is 25.3 Å². The van der Waals surface area contributed by atoms with Crippen LogP contribution in [0.4, 0.5) is 0 Å². The Morgan fingerprint density at radius 2 is 2.04 bits per heavy atom. The number of benzene rings is 2. The van der Waals surface area contributed by atoms with Crippen molar-refractivity contribution in [1.82, 2.24) is 5.32 Å². The number of carbonyl (C=O) groups is 1. The van der Waals surface area contributed by atoms with E-state index in [4.69, 9.17) is 27.9 Å². The van der Waals surface area contributed by atoms with Crippen LogP contribution in [-0.4, -0.2) is 28.0 Å². The summed E-state index contributed by atoms with van der Waals surface area (Å²) >= 11 is 5.92. The maximum absolute atomic E-state index is 12.3. The van der Waals surface area contributed by atoms with E-state index in [2.05, 4.69) is 11.2 Å². The summed E-state index contributed by atoms with van der Waals surface area (Å²) < 4.78 is 28.4. The van der Waals surface area contributed by atoms with Crippen molar-refractivity contribution in [1.29, 1.82) is 0 Å². The number of hydrogen-bond donors (Lipinski definition) is 2. The molecule has 1 amide bonds. The van der Waals surface area contributed by atoms with Gasteiger partial charge in [0.25, 0.3) is 5.91 Å². The van der Waals surface area contributed by atoms with Gasteiger partial charge in [-0.05, 0) is 42.3 Å². The van der Waals surface area contributed by atoms with Crippen LogP contribution in [0, 0.1) is 12.3 Å². The van der Waals surface area contributed by atoms with Crippen molar-refractivity contribution in [2.75, 3.05) is 13.7 Å². The molecular formula is C18H17ClN2O4S. The van der Waals surface area contributed by atoms with Crippen LogP contribution in [0.5, 0.6) is 5.75 Å². The standard InChI is InChI=1S/C18H17ClN2O4S/c1-3-13-5-4-12(10-17(13)26(20,23)24)8-9-21-18(22)15-11-14(19)6-7-16(15)25-2/h1,4-7,10-11H,8-9H2,2H3,(H,21,22)(H2,20,23,24). The summed E-state index contributed by atoms with van der Waals surface area (Å²) in [4.78, 5) is 12.2. The summed E-state index contributed by atoms with van der Waals surface area (Å²) in [5.74, 6) is 2.34. The number of halogens is 1. The molecule has 6 nitrogen and oxygen atoms in total. The monoisotopic (exact) mass is 392 g/mol. The van der Waals surface area contributed by atoms with E-state index >= 15 is 0 Å². The predicted octanol–water partition coefficient (Wildman–Crippen LogP) is 1.95. The van der Waals surface area contributed by atoms with Gasteiger partial charge >= 0.3 is 0 Å². The number of terminal acetylenes is 1. The third-order valence-corrected chi connectivity index (χ3v) is 4.80. The highest BCUT2D eigenvalue weighted by atomic mass is 35.5. The van der Waals surface area contributed by atoms with E-state index in [9.17, 15) is 13.2 Å². The van der Waals surface area contributed by atoms with E-state index in [1.807, 2.05) is 0 Å². The van der Waals surface area contributed by atoms with Gasteiger partial charge in [-0.1, -0.05) is 23.6 Å². The second-order valence-corrected chi connectivity index (χ2v) is 7.34. The maximum atomic E-state index is 12.3. The number of nitrogens with one attached hydrogen (secondary N) is 1. The molecule has 8 heteroatoms. The van der Waals surface area contributed by atoms with E-state index in [0.717, 1.165) is 0 Å². The fraction of sp³-hybridized carbons (Fsp3) is 0.167. The molecule has 2 aromatic carbocycles. The van der Waals surface area contributed by atoms with Crippen molar-refractivity contribution in [2.45, 2.75) is 11.3 Å². The first-order chi connectivity index (χ1) is 12.3. The smallest absolute Gasteiger partial charge is 0.255 e. The molecule has 0 atom stereocenters. The number of primary sulfonamides is 1. The zero-order valence-electron chi connectivity index (χ0n) is 14.0. The Balaban J connectivity index is 2.10. The summed E-state index contributed by atoms with van der Waals surface area (Å²) in [6, 6.07) is 9.35. The highest BCUT2D eigenvalue weighted by Crippen LogP contribution is 2.22. The van der Waals surface area contributed by atoms with Crippen molar-refractivity contribution in [3.63, 3.8) is 0 Å². The normalized spacial score (nSPS) is 10.8. The summed E-state index contributed by atoms with van der Waals surface area (Å²) in [5, 5.41) is 8.33. The van der Waals surface area contributed by atoms with Gasteiger partial charge in [-0.15, -0.1) is 6.42 Å². The number of sulfonamides is 1. The molecule has 0 saturated heterocycles. The van der Waals surface area contributed by atoms with Crippen LogP contribution in [0.3, 0.4) is 0 Å². The lowest BCUT2D eigenvalue weighted by Crippen LogP contribution is -2.26. The molecule has 0 saturated carbocycles. The second-order valence-electron chi connectivity index (χ2n) is 5.37. The lowest BCUT2D eigenvalue weighted by Gasteiger charge is -2.10. The molecular weight excluding hydrogens is 376 g/mol. The molecule has 0 heterocycles. The zero-order chi connectivity index (χ0) is 19.3. The highest BCUT2D eigenvalue weighted by Gasteiger charge is 2.15. The quantitative estimate of drug-likeness (QED) is 0.734. The Morgan fingerprint density at radius 1 is 1.31 bits per heavy atom. The van der Waals surface area contributed by atoms with Gasteiger partial charge in [0.2, 0.25) is 10.0 Å². The lowest BCUT2D eigenvalue weighted by atomic mass is 10.1. The molecule has 3 N–H and O–H groups in total. The number of amides is 1. The van der Waals surface area contributed by atoms with Gasteiger partial charge < -0.3 is 10.1 Å². The summed E-state index contributed by atoms with van der Waals surface area (Å²) in [5.41, 5.74) is 1.18. The first-order valence-corrected chi connectivity index (χ1v) is 9.42. The SMILES string of the molecule is C#Cc1ccc(CCNC(=O)c2cc(Cl)ccc2OC)cc1S(N)(=O)=O. The minimum absolute atomic E-state index is 0.111. The van der Waals surface area contributed by atoms with Crippen LogP contribution in [0.25, 0.3) is 0 Å². The fourth-order valence-electron chi connectivity index (χ4n) is 2.35. The third kappa shape index (κ3) is 4.76. The maximum Gasteiger partial charge on any atom is 0.255 e.